The number of sulfonamides is 1. The topological polar surface area (TPSA) is 128 Å². The molecule has 1 aliphatic heterocycles. The van der Waals surface area contributed by atoms with Gasteiger partial charge in [-0.25, -0.2) is 13.1 Å². The number of hydrogen-bond donors (Lipinski definition) is 4. The second-order valence-electron chi connectivity index (χ2n) is 6.86. The maximum Gasteiger partial charge on any atom is 0.240 e. The molecule has 2 rings (SSSR count). The third-order valence-electron chi connectivity index (χ3n) is 4.33. The maximum absolute atomic E-state index is 12.3. The first-order chi connectivity index (χ1) is 13.1. The first-order valence-electron chi connectivity index (χ1n) is 8.78. The molecule has 1 heterocycles. The quantitative estimate of drug-likeness (QED) is 0.398. The van der Waals surface area contributed by atoms with Crippen LogP contribution in [0.2, 0.25) is 5.02 Å². The number of benzene rings is 1. The highest BCUT2D eigenvalue weighted by atomic mass is 35.5. The molecule has 4 N–H and O–H groups in total. The average molecular weight is 436 g/mol. The van der Waals surface area contributed by atoms with Crippen LogP contribution in [0, 0.1) is 0 Å². The van der Waals surface area contributed by atoms with Crippen molar-refractivity contribution in [3.63, 3.8) is 0 Å². The Bertz CT molecular complexity index is 759. The van der Waals surface area contributed by atoms with Crippen molar-refractivity contribution < 1.29 is 28.2 Å². The molecule has 9 nitrogen and oxygen atoms in total. The van der Waals surface area contributed by atoms with Gasteiger partial charge in [-0.3, -0.25) is 4.79 Å². The third kappa shape index (κ3) is 6.38. The van der Waals surface area contributed by atoms with Gasteiger partial charge >= 0.3 is 0 Å². The van der Waals surface area contributed by atoms with Gasteiger partial charge in [0.2, 0.25) is 15.9 Å². The predicted molar refractivity (Wildman–Crippen MR) is 103 cm³/mol. The molecule has 1 amide bonds. The van der Waals surface area contributed by atoms with E-state index in [-0.39, 0.29) is 23.8 Å². The van der Waals surface area contributed by atoms with E-state index in [1.165, 1.54) is 24.3 Å². The van der Waals surface area contributed by atoms with Gasteiger partial charge in [0.1, 0.15) is 18.3 Å². The van der Waals surface area contributed by atoms with Gasteiger partial charge in [-0.05, 0) is 38.4 Å². The summed E-state index contributed by atoms with van der Waals surface area (Å²) < 4.78 is 32.4. The summed E-state index contributed by atoms with van der Waals surface area (Å²) >= 11 is 5.75. The Morgan fingerprint density at radius 3 is 2.39 bits per heavy atom. The summed E-state index contributed by atoms with van der Waals surface area (Å²) in [5.41, 5.74) is 0. The zero-order valence-electron chi connectivity index (χ0n) is 15.7. The van der Waals surface area contributed by atoms with Gasteiger partial charge in [0, 0.05) is 24.7 Å². The van der Waals surface area contributed by atoms with E-state index in [0.29, 0.717) is 18.1 Å². The predicted octanol–water partition coefficient (Wildman–Crippen LogP) is -0.825. The number of amides is 1. The van der Waals surface area contributed by atoms with Crippen molar-refractivity contribution in [3.05, 3.63) is 29.3 Å². The molecule has 0 spiro atoms. The zero-order valence-corrected chi connectivity index (χ0v) is 17.3. The number of aliphatic hydroxyl groups is 2. The molecule has 1 fully saturated rings. The van der Waals surface area contributed by atoms with Crippen LogP contribution >= 0.6 is 11.6 Å². The number of ether oxygens (including phenoxy) is 1. The molecule has 158 valence electrons. The molecule has 0 aliphatic carbocycles. The summed E-state index contributed by atoms with van der Waals surface area (Å²) in [5.74, 6) is -0.319. The van der Waals surface area contributed by atoms with E-state index >= 15 is 0 Å². The highest BCUT2D eigenvalue weighted by molar-refractivity contribution is 7.89. The Morgan fingerprint density at radius 1 is 1.18 bits per heavy atom. The van der Waals surface area contributed by atoms with Crippen LogP contribution in [0.15, 0.2) is 29.2 Å². The highest BCUT2D eigenvalue weighted by Crippen LogP contribution is 2.24. The number of hydrogen-bond acceptors (Lipinski definition) is 7. The summed E-state index contributed by atoms with van der Waals surface area (Å²) in [7, 11) is -0.0774. The van der Waals surface area contributed by atoms with Crippen LogP contribution in [-0.2, 0) is 19.6 Å². The molecule has 1 aromatic rings. The Morgan fingerprint density at radius 2 is 1.79 bits per heavy atom. The molecule has 1 saturated heterocycles. The van der Waals surface area contributed by atoms with Crippen molar-refractivity contribution in [2.24, 2.45) is 0 Å². The SMILES string of the molecule is CN(C)CCNC(=O)C[C@H]1O[C@H](CNS(=O)(=O)c2ccc(Cl)cc2)[C@@H](O)[C@H]1O. The van der Waals surface area contributed by atoms with Gasteiger partial charge in [-0.15, -0.1) is 0 Å². The molecule has 1 aromatic carbocycles. The van der Waals surface area contributed by atoms with E-state index in [9.17, 15) is 23.4 Å². The second kappa shape index (κ2) is 9.97. The van der Waals surface area contributed by atoms with Gasteiger partial charge < -0.3 is 25.2 Å². The van der Waals surface area contributed by atoms with Crippen LogP contribution in [0.1, 0.15) is 6.42 Å². The van der Waals surface area contributed by atoms with Crippen molar-refractivity contribution in [3.8, 4) is 0 Å². The van der Waals surface area contributed by atoms with Crippen molar-refractivity contribution in [2.45, 2.75) is 35.7 Å². The summed E-state index contributed by atoms with van der Waals surface area (Å²) in [6, 6.07) is 5.61. The van der Waals surface area contributed by atoms with E-state index < -0.39 is 34.4 Å². The van der Waals surface area contributed by atoms with Crippen LogP contribution < -0.4 is 10.0 Å². The number of carbonyl (C=O) groups is 1. The monoisotopic (exact) mass is 435 g/mol. The van der Waals surface area contributed by atoms with Crippen LogP contribution in [0.3, 0.4) is 0 Å². The molecular weight excluding hydrogens is 410 g/mol. The standard InChI is InChI=1S/C17H26ClN3O6S/c1-21(2)8-7-19-15(22)9-13-16(23)17(24)14(27-13)10-20-28(25,26)12-5-3-11(18)4-6-12/h3-6,13-14,16-17,20,23-24H,7-10H2,1-2H3,(H,19,22)/t13-,14-,16+,17-/m1/s1. The number of nitrogens with one attached hydrogen (secondary N) is 2. The van der Waals surface area contributed by atoms with E-state index in [4.69, 9.17) is 16.3 Å². The van der Waals surface area contributed by atoms with Crippen LogP contribution in [0.4, 0.5) is 0 Å². The van der Waals surface area contributed by atoms with Gasteiger partial charge in [0.15, 0.2) is 0 Å². The lowest BCUT2D eigenvalue weighted by Gasteiger charge is -2.16. The molecule has 0 bridgehead atoms. The van der Waals surface area contributed by atoms with E-state index in [2.05, 4.69) is 10.0 Å². The highest BCUT2D eigenvalue weighted by Gasteiger charge is 2.43. The van der Waals surface area contributed by atoms with Gasteiger partial charge in [0.25, 0.3) is 0 Å². The summed E-state index contributed by atoms with van der Waals surface area (Å²) in [5, 5.41) is 23.3. The van der Waals surface area contributed by atoms with Crippen molar-refractivity contribution >= 4 is 27.5 Å². The summed E-state index contributed by atoms with van der Waals surface area (Å²) in [4.78, 5) is 13.9. The molecular formula is C17H26ClN3O6S. The van der Waals surface area contributed by atoms with E-state index in [1.807, 2.05) is 19.0 Å². The lowest BCUT2D eigenvalue weighted by molar-refractivity contribution is -0.125. The van der Waals surface area contributed by atoms with Gasteiger partial charge in [-0.1, -0.05) is 11.6 Å². The summed E-state index contributed by atoms with van der Waals surface area (Å²) in [6.45, 7) is 0.862. The lowest BCUT2D eigenvalue weighted by Crippen LogP contribution is -2.40. The Labute approximate surface area is 169 Å². The third-order valence-corrected chi connectivity index (χ3v) is 6.02. The number of likely N-dealkylation sites (N-methyl/N-ethyl adjacent to an activating group) is 1. The van der Waals surface area contributed by atoms with Crippen molar-refractivity contribution in [1.29, 1.82) is 0 Å². The Balaban J connectivity index is 1.88. The second-order valence-corrected chi connectivity index (χ2v) is 9.06. The number of carbonyl (C=O) groups excluding carboxylic acids is 1. The molecule has 1 aliphatic rings. The minimum atomic E-state index is -3.83. The molecule has 11 heteroatoms. The van der Waals surface area contributed by atoms with Gasteiger partial charge in [0.05, 0.1) is 17.4 Å². The molecule has 0 radical (unpaired) electrons. The molecule has 28 heavy (non-hydrogen) atoms. The molecule has 0 aromatic heterocycles. The fraction of sp³-hybridized carbons (Fsp3) is 0.588. The molecule has 0 saturated carbocycles. The number of nitrogens with zero attached hydrogens (tertiary/aromatic N) is 1. The fourth-order valence-electron chi connectivity index (χ4n) is 2.73. The first-order valence-corrected chi connectivity index (χ1v) is 10.6. The van der Waals surface area contributed by atoms with Crippen molar-refractivity contribution in [1.82, 2.24) is 14.9 Å². The number of rotatable bonds is 9. The molecule has 4 atom stereocenters. The first kappa shape index (κ1) is 23.0. The maximum atomic E-state index is 12.3. The largest absolute Gasteiger partial charge is 0.388 e. The minimum Gasteiger partial charge on any atom is -0.388 e. The number of aliphatic hydroxyl groups excluding tert-OH is 2. The smallest absolute Gasteiger partial charge is 0.240 e. The fourth-order valence-corrected chi connectivity index (χ4v) is 3.90. The Kier molecular flexibility index (Phi) is 8.19. The lowest BCUT2D eigenvalue weighted by atomic mass is 10.1. The van der Waals surface area contributed by atoms with Crippen LogP contribution in [0.25, 0.3) is 0 Å². The van der Waals surface area contributed by atoms with Crippen LogP contribution in [-0.4, -0.2) is 87.6 Å². The van der Waals surface area contributed by atoms with Crippen molar-refractivity contribution in [2.75, 3.05) is 33.7 Å². The number of halogens is 1. The van der Waals surface area contributed by atoms with Crippen LogP contribution in [0.5, 0.6) is 0 Å². The minimum absolute atomic E-state index is 0.0155. The summed E-state index contributed by atoms with van der Waals surface area (Å²) in [6.07, 6.45) is -4.63. The zero-order chi connectivity index (χ0) is 20.9. The van der Waals surface area contributed by atoms with E-state index in [1.54, 1.807) is 0 Å². The average Bonchev–Trinajstić information content (AvgIpc) is 2.88. The van der Waals surface area contributed by atoms with Gasteiger partial charge in [-0.2, -0.15) is 0 Å². The Hall–Kier alpha value is -1.27. The van der Waals surface area contributed by atoms with E-state index in [0.717, 1.165) is 0 Å². The molecule has 0 unspecified atom stereocenters. The normalized spacial score (nSPS) is 25.2.